The van der Waals surface area contributed by atoms with Crippen molar-refractivity contribution in [1.29, 1.82) is 0 Å². The fourth-order valence-electron chi connectivity index (χ4n) is 1.17. The molecule has 0 atom stereocenters. The molecule has 2 N–H and O–H groups in total. The summed E-state index contributed by atoms with van der Waals surface area (Å²) in [5.41, 5.74) is 0.447. The Morgan fingerprint density at radius 3 is 2.67 bits per heavy atom. The summed E-state index contributed by atoms with van der Waals surface area (Å²) < 4.78 is 0.984. The van der Waals surface area contributed by atoms with Crippen LogP contribution in [0.2, 0.25) is 5.02 Å². The molecule has 84 valence electrons. The molecule has 2 nitrogen and oxygen atoms in total. The van der Waals surface area contributed by atoms with Crippen LogP contribution < -0.4 is 5.32 Å². The van der Waals surface area contributed by atoms with Gasteiger partial charge in [-0.1, -0.05) is 33.6 Å². The summed E-state index contributed by atoms with van der Waals surface area (Å²) in [5.74, 6) is 0. The Bertz CT molecular complexity index is 336. The number of aliphatic hydroxyl groups is 1. The third-order valence-corrected chi connectivity index (χ3v) is 2.86. The monoisotopic (exact) mass is 291 g/mol. The maximum atomic E-state index is 9.51. The lowest BCUT2D eigenvalue weighted by Gasteiger charge is -2.18. The van der Waals surface area contributed by atoms with E-state index in [-0.39, 0.29) is 0 Å². The number of hydrogen-bond donors (Lipinski definition) is 2. The van der Waals surface area contributed by atoms with E-state index < -0.39 is 5.60 Å². The zero-order valence-corrected chi connectivity index (χ0v) is 11.2. The Labute approximate surface area is 104 Å². The van der Waals surface area contributed by atoms with Crippen LogP contribution in [-0.4, -0.2) is 17.3 Å². The van der Waals surface area contributed by atoms with Crippen LogP contribution in [0, 0.1) is 0 Å². The highest BCUT2D eigenvalue weighted by Gasteiger charge is 2.11. The molecule has 0 saturated carbocycles. The van der Waals surface area contributed by atoms with Gasteiger partial charge in [-0.05, 0) is 31.5 Å². The maximum Gasteiger partial charge on any atom is 0.0715 e. The normalized spacial score (nSPS) is 11.8. The van der Waals surface area contributed by atoms with Gasteiger partial charge in [-0.15, -0.1) is 0 Å². The average Bonchev–Trinajstić information content (AvgIpc) is 2.07. The summed E-state index contributed by atoms with van der Waals surface area (Å²) in [6.07, 6.45) is 0. The summed E-state index contributed by atoms with van der Waals surface area (Å²) >= 11 is 9.27. The minimum atomic E-state index is -0.682. The van der Waals surface area contributed by atoms with Crippen molar-refractivity contribution in [2.45, 2.75) is 26.0 Å². The van der Waals surface area contributed by atoms with E-state index >= 15 is 0 Å². The van der Waals surface area contributed by atoms with Crippen LogP contribution in [0.5, 0.6) is 0 Å². The van der Waals surface area contributed by atoms with Gasteiger partial charge in [0.2, 0.25) is 0 Å². The second-order valence-corrected chi connectivity index (χ2v) is 5.44. The highest BCUT2D eigenvalue weighted by atomic mass is 79.9. The molecule has 0 heterocycles. The molecule has 1 rings (SSSR count). The molecule has 0 unspecified atom stereocenters. The topological polar surface area (TPSA) is 32.3 Å². The first kappa shape index (κ1) is 13.0. The second-order valence-electron chi connectivity index (χ2n) is 4.15. The van der Waals surface area contributed by atoms with Gasteiger partial charge in [0.05, 0.1) is 5.60 Å². The molecule has 0 aliphatic heterocycles. The van der Waals surface area contributed by atoms with Gasteiger partial charge < -0.3 is 10.4 Å². The van der Waals surface area contributed by atoms with E-state index in [0.717, 1.165) is 10.0 Å². The number of halogens is 2. The van der Waals surface area contributed by atoms with Crippen molar-refractivity contribution in [3.05, 3.63) is 33.3 Å². The number of nitrogens with one attached hydrogen (secondary N) is 1. The van der Waals surface area contributed by atoms with Crippen molar-refractivity contribution in [1.82, 2.24) is 5.32 Å². The molecule has 1 aromatic rings. The molecule has 0 bridgehead atoms. The molecule has 1 aromatic carbocycles. The standard InChI is InChI=1S/C11H15BrClNO/c1-11(2,15)7-14-6-8-3-4-9(13)5-10(8)12/h3-5,14-15H,6-7H2,1-2H3. The third-order valence-electron chi connectivity index (χ3n) is 1.89. The molecule has 0 aliphatic rings. The number of benzene rings is 1. The Kier molecular flexibility index (Phi) is 4.59. The van der Waals surface area contributed by atoms with E-state index in [4.69, 9.17) is 11.6 Å². The fourth-order valence-corrected chi connectivity index (χ4v) is 1.99. The van der Waals surface area contributed by atoms with E-state index in [1.54, 1.807) is 13.8 Å². The van der Waals surface area contributed by atoms with E-state index in [1.807, 2.05) is 18.2 Å². The van der Waals surface area contributed by atoms with Gasteiger partial charge in [0.25, 0.3) is 0 Å². The zero-order chi connectivity index (χ0) is 11.5. The van der Waals surface area contributed by atoms with Crippen LogP contribution in [0.4, 0.5) is 0 Å². The average molecular weight is 293 g/mol. The Balaban J connectivity index is 2.51. The van der Waals surface area contributed by atoms with Gasteiger partial charge in [0, 0.05) is 22.6 Å². The lowest BCUT2D eigenvalue weighted by molar-refractivity contribution is 0.0795. The summed E-state index contributed by atoms with van der Waals surface area (Å²) in [5, 5.41) is 13.4. The van der Waals surface area contributed by atoms with Crippen molar-refractivity contribution < 1.29 is 5.11 Å². The first-order valence-electron chi connectivity index (χ1n) is 4.75. The molecule has 0 amide bonds. The Hall–Kier alpha value is -0.0900. The molecule has 0 spiro atoms. The van der Waals surface area contributed by atoms with E-state index in [1.165, 1.54) is 0 Å². The second kappa shape index (κ2) is 5.30. The molecule has 0 radical (unpaired) electrons. The first-order valence-corrected chi connectivity index (χ1v) is 5.92. The van der Waals surface area contributed by atoms with Gasteiger partial charge in [-0.25, -0.2) is 0 Å². The van der Waals surface area contributed by atoms with Crippen LogP contribution in [0.25, 0.3) is 0 Å². The Morgan fingerprint density at radius 2 is 2.13 bits per heavy atom. The highest BCUT2D eigenvalue weighted by Crippen LogP contribution is 2.21. The van der Waals surface area contributed by atoms with Crippen LogP contribution in [0.3, 0.4) is 0 Å². The van der Waals surface area contributed by atoms with Crippen LogP contribution in [0.1, 0.15) is 19.4 Å². The van der Waals surface area contributed by atoms with Crippen LogP contribution in [0.15, 0.2) is 22.7 Å². The van der Waals surface area contributed by atoms with Crippen molar-refractivity contribution in [3.8, 4) is 0 Å². The van der Waals surface area contributed by atoms with E-state index in [2.05, 4.69) is 21.2 Å². The minimum Gasteiger partial charge on any atom is -0.389 e. The molecule has 0 aliphatic carbocycles. The predicted octanol–water partition coefficient (Wildman–Crippen LogP) is 2.96. The van der Waals surface area contributed by atoms with Gasteiger partial charge in [-0.2, -0.15) is 0 Å². The summed E-state index contributed by atoms with van der Waals surface area (Å²) in [6, 6.07) is 5.68. The smallest absolute Gasteiger partial charge is 0.0715 e. The summed E-state index contributed by atoms with van der Waals surface area (Å²) in [7, 11) is 0. The molecule has 15 heavy (non-hydrogen) atoms. The van der Waals surface area contributed by atoms with Crippen LogP contribution in [-0.2, 0) is 6.54 Å². The molecule has 0 aromatic heterocycles. The molecular formula is C11H15BrClNO. The predicted molar refractivity (Wildman–Crippen MR) is 67.2 cm³/mol. The van der Waals surface area contributed by atoms with Gasteiger partial charge in [0.15, 0.2) is 0 Å². The van der Waals surface area contributed by atoms with Crippen molar-refractivity contribution >= 4 is 27.5 Å². The number of hydrogen-bond acceptors (Lipinski definition) is 2. The highest BCUT2D eigenvalue weighted by molar-refractivity contribution is 9.10. The molecular weight excluding hydrogens is 277 g/mol. The first-order chi connectivity index (χ1) is 6.88. The fraction of sp³-hybridized carbons (Fsp3) is 0.455. The van der Waals surface area contributed by atoms with Gasteiger partial charge in [-0.3, -0.25) is 0 Å². The largest absolute Gasteiger partial charge is 0.389 e. The lowest BCUT2D eigenvalue weighted by atomic mass is 10.1. The van der Waals surface area contributed by atoms with Gasteiger partial charge >= 0.3 is 0 Å². The van der Waals surface area contributed by atoms with E-state index in [0.29, 0.717) is 18.1 Å². The van der Waals surface area contributed by atoms with E-state index in [9.17, 15) is 5.11 Å². The zero-order valence-electron chi connectivity index (χ0n) is 8.85. The quantitative estimate of drug-likeness (QED) is 0.894. The van der Waals surface area contributed by atoms with Crippen molar-refractivity contribution in [2.75, 3.05) is 6.54 Å². The number of rotatable bonds is 4. The van der Waals surface area contributed by atoms with Crippen LogP contribution >= 0.6 is 27.5 Å². The molecule has 4 heteroatoms. The third kappa shape index (κ3) is 4.98. The maximum absolute atomic E-state index is 9.51. The lowest BCUT2D eigenvalue weighted by Crippen LogP contribution is -2.34. The summed E-state index contributed by atoms with van der Waals surface area (Å²) in [4.78, 5) is 0. The summed E-state index contributed by atoms with van der Waals surface area (Å²) in [6.45, 7) is 4.82. The van der Waals surface area contributed by atoms with Crippen molar-refractivity contribution in [2.24, 2.45) is 0 Å². The minimum absolute atomic E-state index is 0.558. The van der Waals surface area contributed by atoms with Crippen molar-refractivity contribution in [3.63, 3.8) is 0 Å². The molecule has 0 fully saturated rings. The Morgan fingerprint density at radius 1 is 1.47 bits per heavy atom. The SMILES string of the molecule is CC(C)(O)CNCc1ccc(Cl)cc1Br. The molecule has 0 saturated heterocycles. The van der Waals surface area contributed by atoms with Gasteiger partial charge in [0.1, 0.15) is 0 Å².